The van der Waals surface area contributed by atoms with E-state index in [0.717, 1.165) is 12.8 Å². The number of rotatable bonds is 0. The molecule has 2 aliphatic carbocycles. The van der Waals surface area contributed by atoms with Gasteiger partial charge in [-0.15, -0.1) is 0 Å². The fraction of sp³-hybridized carbons (Fsp3) is 0.786. The summed E-state index contributed by atoms with van der Waals surface area (Å²) in [4.78, 5) is 12.1. The second kappa shape index (κ2) is 2.26. The van der Waals surface area contributed by atoms with Crippen molar-refractivity contribution in [3.63, 3.8) is 0 Å². The number of hydrogen-bond acceptors (Lipinski definition) is 3. The molecule has 3 fully saturated rings. The second-order valence-electron chi connectivity index (χ2n) is 6.87. The monoisotopic (exact) mass is 234 g/mol. The molecule has 2 bridgehead atoms. The van der Waals surface area contributed by atoms with Crippen LogP contribution in [-0.4, -0.2) is 28.2 Å². The molecule has 3 nitrogen and oxygen atoms in total. The van der Waals surface area contributed by atoms with Crippen LogP contribution in [0.1, 0.15) is 33.6 Å². The molecule has 1 spiro atoms. The van der Waals surface area contributed by atoms with Crippen molar-refractivity contribution in [2.24, 2.45) is 16.7 Å². The van der Waals surface area contributed by atoms with E-state index in [1.165, 1.54) is 0 Å². The van der Waals surface area contributed by atoms with Crippen LogP contribution in [0.4, 0.5) is 0 Å². The Balaban J connectivity index is 1.97. The van der Waals surface area contributed by atoms with E-state index in [0.29, 0.717) is 0 Å². The molecular formula is C14H18O3. The van der Waals surface area contributed by atoms with Crippen LogP contribution in [0.3, 0.4) is 0 Å². The Morgan fingerprint density at radius 3 is 2.59 bits per heavy atom. The van der Waals surface area contributed by atoms with Crippen LogP contribution >= 0.6 is 0 Å². The highest BCUT2D eigenvalue weighted by atomic mass is 16.6. The molecule has 2 saturated heterocycles. The highest BCUT2D eigenvalue weighted by molar-refractivity contribution is 5.97. The predicted octanol–water partition coefficient (Wildman–Crippen LogP) is 1.45. The Hall–Kier alpha value is -0.670. The van der Waals surface area contributed by atoms with Crippen molar-refractivity contribution >= 4 is 5.78 Å². The maximum Gasteiger partial charge on any atom is 0.162 e. The molecule has 4 aliphatic rings. The van der Waals surface area contributed by atoms with Crippen LogP contribution in [-0.2, 0) is 9.53 Å². The minimum Gasteiger partial charge on any atom is -0.387 e. The highest BCUT2D eigenvalue weighted by Crippen LogP contribution is 2.78. The minimum absolute atomic E-state index is 0.0947. The van der Waals surface area contributed by atoms with E-state index in [1.54, 1.807) is 6.08 Å². The quantitative estimate of drug-likeness (QED) is 0.690. The maximum atomic E-state index is 12.1. The van der Waals surface area contributed by atoms with Crippen LogP contribution in [0.5, 0.6) is 0 Å². The largest absolute Gasteiger partial charge is 0.387 e. The summed E-state index contributed by atoms with van der Waals surface area (Å²) in [5, 5.41) is 10.9. The first-order valence-corrected chi connectivity index (χ1v) is 6.43. The van der Waals surface area contributed by atoms with Crippen molar-refractivity contribution in [3.8, 4) is 0 Å². The molecule has 0 aromatic heterocycles. The fourth-order valence-corrected chi connectivity index (χ4v) is 5.29. The summed E-state index contributed by atoms with van der Waals surface area (Å²) < 4.78 is 6.17. The minimum atomic E-state index is -0.804. The molecule has 2 aliphatic heterocycles. The number of ether oxygens (including phenoxy) is 1. The van der Waals surface area contributed by atoms with E-state index >= 15 is 0 Å². The van der Waals surface area contributed by atoms with Gasteiger partial charge in [0.15, 0.2) is 5.78 Å². The van der Waals surface area contributed by atoms with Crippen molar-refractivity contribution < 1.29 is 14.6 Å². The van der Waals surface area contributed by atoms with Crippen LogP contribution in [0.15, 0.2) is 12.2 Å². The summed E-state index contributed by atoms with van der Waals surface area (Å²) in [7, 11) is 0. The molecule has 0 amide bonds. The van der Waals surface area contributed by atoms with Gasteiger partial charge in [-0.2, -0.15) is 0 Å². The molecule has 3 heteroatoms. The molecule has 92 valence electrons. The van der Waals surface area contributed by atoms with Gasteiger partial charge in [-0.1, -0.05) is 13.0 Å². The van der Waals surface area contributed by atoms with Crippen LogP contribution in [0, 0.1) is 16.7 Å². The lowest BCUT2D eigenvalue weighted by atomic mass is 9.53. The fourth-order valence-electron chi connectivity index (χ4n) is 5.29. The summed E-state index contributed by atoms with van der Waals surface area (Å²) in [5.74, 6) is 0.0852. The third-order valence-electron chi connectivity index (χ3n) is 6.17. The third-order valence-corrected chi connectivity index (χ3v) is 6.17. The summed E-state index contributed by atoms with van der Waals surface area (Å²) >= 11 is 0. The number of ketones is 1. The number of allylic oxidation sites excluding steroid dienone is 1. The van der Waals surface area contributed by atoms with Gasteiger partial charge in [0.1, 0.15) is 0 Å². The number of fused-ring (bicyclic) bond motifs is 6. The Bertz CT molecular complexity index is 474. The first-order valence-electron chi connectivity index (χ1n) is 6.43. The smallest absolute Gasteiger partial charge is 0.162 e. The van der Waals surface area contributed by atoms with Gasteiger partial charge < -0.3 is 9.84 Å². The number of hydrogen-bond donors (Lipinski definition) is 1. The van der Waals surface area contributed by atoms with Crippen molar-refractivity contribution in [2.75, 3.05) is 0 Å². The van der Waals surface area contributed by atoms with Gasteiger partial charge in [-0.05, 0) is 32.8 Å². The molecule has 1 saturated carbocycles. The lowest BCUT2D eigenvalue weighted by molar-refractivity contribution is -0.132. The summed E-state index contributed by atoms with van der Waals surface area (Å²) in [5.41, 5.74) is -1.78. The van der Waals surface area contributed by atoms with Crippen LogP contribution < -0.4 is 0 Å². The van der Waals surface area contributed by atoms with Crippen molar-refractivity contribution in [1.29, 1.82) is 0 Å². The van der Waals surface area contributed by atoms with E-state index in [-0.39, 0.29) is 28.6 Å². The molecule has 17 heavy (non-hydrogen) atoms. The zero-order valence-corrected chi connectivity index (χ0v) is 10.5. The highest BCUT2D eigenvalue weighted by Gasteiger charge is 2.86. The Labute approximate surface area is 101 Å². The van der Waals surface area contributed by atoms with Gasteiger partial charge in [0.05, 0.1) is 23.2 Å². The molecule has 4 rings (SSSR count). The third kappa shape index (κ3) is 0.724. The van der Waals surface area contributed by atoms with Gasteiger partial charge in [0.2, 0.25) is 0 Å². The molecule has 0 aromatic carbocycles. The van der Waals surface area contributed by atoms with Gasteiger partial charge in [-0.3, -0.25) is 4.79 Å². The lowest BCUT2D eigenvalue weighted by Crippen LogP contribution is -2.61. The zero-order valence-electron chi connectivity index (χ0n) is 10.5. The van der Waals surface area contributed by atoms with Crippen molar-refractivity contribution in [1.82, 2.24) is 0 Å². The molecule has 0 aromatic rings. The van der Waals surface area contributed by atoms with E-state index in [2.05, 4.69) is 6.92 Å². The van der Waals surface area contributed by atoms with Crippen molar-refractivity contribution in [2.45, 2.75) is 50.9 Å². The Morgan fingerprint density at radius 1 is 1.35 bits per heavy atom. The number of carbonyl (C=O) groups excluding carboxylic acids is 1. The average Bonchev–Trinajstić information content (AvgIpc) is 2.90. The molecule has 0 unspecified atom stereocenters. The molecule has 5 atom stereocenters. The van der Waals surface area contributed by atoms with Gasteiger partial charge in [-0.25, -0.2) is 0 Å². The van der Waals surface area contributed by atoms with Gasteiger partial charge >= 0.3 is 0 Å². The topological polar surface area (TPSA) is 46.5 Å². The normalized spacial score (nSPS) is 61.3. The molecule has 2 heterocycles. The predicted molar refractivity (Wildman–Crippen MR) is 61.3 cm³/mol. The average molecular weight is 234 g/mol. The Kier molecular flexibility index (Phi) is 1.36. The lowest BCUT2D eigenvalue weighted by Gasteiger charge is -2.48. The van der Waals surface area contributed by atoms with Gasteiger partial charge in [0, 0.05) is 10.8 Å². The SMILES string of the molecule is C[C@@]12C=CC(=O)[C@@H]1[C@]1(C)O[C@H]2[C@](C)(O)C12CC2. The van der Waals surface area contributed by atoms with E-state index in [4.69, 9.17) is 4.74 Å². The second-order valence-corrected chi connectivity index (χ2v) is 6.87. The first-order chi connectivity index (χ1) is 7.80. The standard InChI is InChI=1S/C14H18O3/c1-11-5-4-8(15)9(11)13(3)14(6-7-14)12(2,16)10(11)17-13/h4-5,9-10,16H,6-7H2,1-3H3/t9-,10+,11+,12-,13-/m0/s1. The summed E-state index contributed by atoms with van der Waals surface area (Å²) in [6.45, 7) is 5.99. The van der Waals surface area contributed by atoms with Crippen LogP contribution in [0.25, 0.3) is 0 Å². The number of carbonyl (C=O) groups is 1. The first kappa shape index (κ1) is 10.3. The van der Waals surface area contributed by atoms with Crippen molar-refractivity contribution in [3.05, 3.63) is 12.2 Å². The zero-order chi connectivity index (χ0) is 12.3. The van der Waals surface area contributed by atoms with E-state index < -0.39 is 11.2 Å². The maximum absolute atomic E-state index is 12.1. The molecule has 1 N–H and O–H groups in total. The Morgan fingerprint density at radius 2 is 2.00 bits per heavy atom. The van der Waals surface area contributed by atoms with Crippen LogP contribution in [0.2, 0.25) is 0 Å². The summed E-state index contributed by atoms with van der Waals surface area (Å²) in [6.07, 6.45) is 5.37. The molecule has 0 radical (unpaired) electrons. The van der Waals surface area contributed by atoms with E-state index in [1.807, 2.05) is 19.9 Å². The summed E-state index contributed by atoms with van der Waals surface area (Å²) in [6, 6.07) is 0. The molecular weight excluding hydrogens is 216 g/mol. The number of aliphatic hydroxyl groups is 1. The van der Waals surface area contributed by atoms with Gasteiger partial charge in [0.25, 0.3) is 0 Å². The van der Waals surface area contributed by atoms with E-state index in [9.17, 15) is 9.90 Å².